The SMILES string of the molecule is N#CC1CNCC1c1ccco1. The zero-order valence-corrected chi connectivity index (χ0v) is 6.66. The zero-order chi connectivity index (χ0) is 8.39. The lowest BCUT2D eigenvalue weighted by Gasteiger charge is -2.07. The Labute approximate surface area is 71.0 Å². The van der Waals surface area contributed by atoms with E-state index in [0.29, 0.717) is 0 Å². The Balaban J connectivity index is 2.20. The van der Waals surface area contributed by atoms with Gasteiger partial charge in [-0.1, -0.05) is 0 Å². The van der Waals surface area contributed by atoms with Gasteiger partial charge in [0, 0.05) is 19.0 Å². The number of nitrogens with one attached hydrogen (secondary N) is 1. The first kappa shape index (κ1) is 7.38. The standard InChI is InChI=1S/C9H10N2O/c10-4-7-5-11-6-8(7)9-2-1-3-12-9/h1-3,7-8,11H,5-6H2. The number of hydrogen-bond acceptors (Lipinski definition) is 3. The van der Waals surface area contributed by atoms with Gasteiger partial charge in [0.25, 0.3) is 0 Å². The molecule has 0 aromatic carbocycles. The lowest BCUT2D eigenvalue weighted by molar-refractivity contribution is 0.451. The summed E-state index contributed by atoms with van der Waals surface area (Å²) in [7, 11) is 0. The summed E-state index contributed by atoms with van der Waals surface area (Å²) in [6, 6.07) is 6.08. The van der Waals surface area contributed by atoms with Gasteiger partial charge >= 0.3 is 0 Å². The lowest BCUT2D eigenvalue weighted by atomic mass is 9.95. The van der Waals surface area contributed by atoms with Gasteiger partial charge in [-0.05, 0) is 12.1 Å². The summed E-state index contributed by atoms with van der Waals surface area (Å²) < 4.78 is 5.26. The Bertz CT molecular complexity index is 286. The minimum Gasteiger partial charge on any atom is -0.469 e. The molecular weight excluding hydrogens is 152 g/mol. The van der Waals surface area contributed by atoms with E-state index < -0.39 is 0 Å². The second-order valence-electron chi connectivity index (χ2n) is 3.02. The Kier molecular flexibility index (Phi) is 1.84. The molecule has 0 saturated carbocycles. The van der Waals surface area contributed by atoms with Crippen LogP contribution >= 0.6 is 0 Å². The Morgan fingerprint density at radius 3 is 3.17 bits per heavy atom. The second kappa shape index (κ2) is 3.00. The molecule has 1 aliphatic rings. The molecule has 2 atom stereocenters. The van der Waals surface area contributed by atoms with E-state index in [1.54, 1.807) is 6.26 Å². The van der Waals surface area contributed by atoms with Gasteiger partial charge in [0.05, 0.1) is 18.3 Å². The van der Waals surface area contributed by atoms with Crippen LogP contribution in [0.25, 0.3) is 0 Å². The minimum absolute atomic E-state index is 0.0659. The third kappa shape index (κ3) is 1.10. The van der Waals surface area contributed by atoms with Gasteiger partial charge in [0.1, 0.15) is 5.76 Å². The van der Waals surface area contributed by atoms with Crippen molar-refractivity contribution >= 4 is 0 Å². The molecule has 2 unspecified atom stereocenters. The molecule has 0 spiro atoms. The normalized spacial score (nSPS) is 28.6. The van der Waals surface area contributed by atoms with Crippen molar-refractivity contribution in [3.05, 3.63) is 24.2 Å². The summed E-state index contributed by atoms with van der Waals surface area (Å²) in [5.41, 5.74) is 0. The highest BCUT2D eigenvalue weighted by Crippen LogP contribution is 2.27. The first-order valence-corrected chi connectivity index (χ1v) is 4.05. The third-order valence-electron chi connectivity index (χ3n) is 2.29. The molecule has 2 rings (SSSR count). The van der Waals surface area contributed by atoms with Gasteiger partial charge in [0.15, 0.2) is 0 Å². The van der Waals surface area contributed by atoms with Crippen LogP contribution in [0.4, 0.5) is 0 Å². The monoisotopic (exact) mass is 162 g/mol. The maximum absolute atomic E-state index is 8.80. The van der Waals surface area contributed by atoms with E-state index in [9.17, 15) is 0 Å². The van der Waals surface area contributed by atoms with Crippen LogP contribution in [0.2, 0.25) is 0 Å². The molecule has 1 aromatic rings. The van der Waals surface area contributed by atoms with E-state index in [2.05, 4.69) is 11.4 Å². The van der Waals surface area contributed by atoms with Crippen molar-refractivity contribution < 1.29 is 4.42 Å². The molecule has 0 radical (unpaired) electrons. The van der Waals surface area contributed by atoms with Gasteiger partial charge in [0.2, 0.25) is 0 Å². The molecule has 3 heteroatoms. The zero-order valence-electron chi connectivity index (χ0n) is 6.66. The molecule has 3 nitrogen and oxygen atoms in total. The Hall–Kier alpha value is -1.27. The fourth-order valence-electron chi connectivity index (χ4n) is 1.62. The highest BCUT2D eigenvalue weighted by Gasteiger charge is 2.29. The van der Waals surface area contributed by atoms with E-state index >= 15 is 0 Å². The highest BCUT2D eigenvalue weighted by molar-refractivity contribution is 5.14. The summed E-state index contributed by atoms with van der Waals surface area (Å²) in [6.45, 7) is 1.63. The van der Waals surface area contributed by atoms with E-state index in [0.717, 1.165) is 18.8 Å². The van der Waals surface area contributed by atoms with Gasteiger partial charge < -0.3 is 9.73 Å². The highest BCUT2D eigenvalue weighted by atomic mass is 16.3. The molecule has 0 aliphatic carbocycles. The van der Waals surface area contributed by atoms with Crippen LogP contribution in [0.1, 0.15) is 11.7 Å². The summed E-state index contributed by atoms with van der Waals surface area (Å²) >= 11 is 0. The molecule has 1 fully saturated rings. The van der Waals surface area contributed by atoms with E-state index in [1.807, 2.05) is 12.1 Å². The van der Waals surface area contributed by atoms with E-state index in [-0.39, 0.29) is 11.8 Å². The van der Waals surface area contributed by atoms with Crippen molar-refractivity contribution in [2.45, 2.75) is 5.92 Å². The number of hydrogen-bond donors (Lipinski definition) is 1. The van der Waals surface area contributed by atoms with Gasteiger partial charge in [-0.2, -0.15) is 5.26 Å². The molecule has 1 aromatic heterocycles. The molecule has 1 aliphatic heterocycles. The van der Waals surface area contributed by atoms with Crippen molar-refractivity contribution in [3.8, 4) is 6.07 Å². The summed E-state index contributed by atoms with van der Waals surface area (Å²) in [5.74, 6) is 1.23. The van der Waals surface area contributed by atoms with Crippen LogP contribution in [-0.2, 0) is 0 Å². The largest absolute Gasteiger partial charge is 0.469 e. The molecule has 2 heterocycles. The number of furan rings is 1. The number of nitrogens with zero attached hydrogens (tertiary/aromatic N) is 1. The molecule has 1 N–H and O–H groups in total. The van der Waals surface area contributed by atoms with Crippen LogP contribution in [0.5, 0.6) is 0 Å². The second-order valence-corrected chi connectivity index (χ2v) is 3.02. The summed E-state index contributed by atoms with van der Waals surface area (Å²) in [5, 5.41) is 12.0. The van der Waals surface area contributed by atoms with Gasteiger partial charge in [-0.25, -0.2) is 0 Å². The van der Waals surface area contributed by atoms with E-state index in [4.69, 9.17) is 9.68 Å². The summed E-state index contributed by atoms with van der Waals surface area (Å²) in [4.78, 5) is 0. The van der Waals surface area contributed by atoms with Crippen LogP contribution in [-0.4, -0.2) is 13.1 Å². The Morgan fingerprint density at radius 1 is 1.58 bits per heavy atom. The quantitative estimate of drug-likeness (QED) is 0.672. The first-order chi connectivity index (χ1) is 5.92. The van der Waals surface area contributed by atoms with Gasteiger partial charge in [-0.3, -0.25) is 0 Å². The topological polar surface area (TPSA) is 49.0 Å². The van der Waals surface area contributed by atoms with Crippen molar-refractivity contribution in [1.29, 1.82) is 5.26 Å². The van der Waals surface area contributed by atoms with Crippen molar-refractivity contribution in [1.82, 2.24) is 5.32 Å². The van der Waals surface area contributed by atoms with Crippen LogP contribution < -0.4 is 5.32 Å². The lowest BCUT2D eigenvalue weighted by Crippen LogP contribution is -2.07. The molecule has 1 saturated heterocycles. The maximum atomic E-state index is 8.80. The molecular formula is C9H10N2O. The third-order valence-corrected chi connectivity index (χ3v) is 2.29. The molecule has 0 bridgehead atoms. The van der Waals surface area contributed by atoms with Crippen molar-refractivity contribution in [2.24, 2.45) is 5.92 Å². The van der Waals surface area contributed by atoms with Crippen LogP contribution in [0, 0.1) is 17.2 Å². The predicted molar refractivity (Wildman–Crippen MR) is 43.4 cm³/mol. The van der Waals surface area contributed by atoms with Crippen molar-refractivity contribution in [2.75, 3.05) is 13.1 Å². The minimum atomic E-state index is 0.0659. The molecule has 62 valence electrons. The number of nitriles is 1. The van der Waals surface area contributed by atoms with Crippen LogP contribution in [0.15, 0.2) is 22.8 Å². The fourth-order valence-corrected chi connectivity index (χ4v) is 1.62. The van der Waals surface area contributed by atoms with Gasteiger partial charge in [-0.15, -0.1) is 0 Å². The average Bonchev–Trinajstić information content (AvgIpc) is 2.74. The molecule has 12 heavy (non-hydrogen) atoms. The smallest absolute Gasteiger partial charge is 0.109 e. The average molecular weight is 162 g/mol. The molecule has 0 amide bonds. The number of rotatable bonds is 1. The van der Waals surface area contributed by atoms with E-state index in [1.165, 1.54) is 0 Å². The van der Waals surface area contributed by atoms with Crippen molar-refractivity contribution in [3.63, 3.8) is 0 Å². The maximum Gasteiger partial charge on any atom is 0.109 e. The predicted octanol–water partition coefficient (Wildman–Crippen LogP) is 1.11. The first-order valence-electron chi connectivity index (χ1n) is 4.05. The fraction of sp³-hybridized carbons (Fsp3) is 0.444. The Morgan fingerprint density at radius 2 is 2.50 bits per heavy atom. The summed E-state index contributed by atoms with van der Waals surface area (Å²) in [6.07, 6.45) is 1.65. The van der Waals surface area contributed by atoms with Crippen LogP contribution in [0.3, 0.4) is 0 Å².